The number of nitrogens with zero attached hydrogens (tertiary/aromatic N) is 4. The molecule has 0 atom stereocenters. The molecule has 0 bridgehead atoms. The maximum absolute atomic E-state index is 13.2. The van der Waals surface area contributed by atoms with Gasteiger partial charge in [-0.1, -0.05) is 13.8 Å². The number of carbonyl (C=O) groups excluding carboxylic acids is 2. The third kappa shape index (κ3) is 6.29. The molecule has 8 nitrogen and oxygen atoms in total. The molecule has 8 heteroatoms. The fourth-order valence-electron chi connectivity index (χ4n) is 3.55. The third-order valence-electron chi connectivity index (χ3n) is 5.44. The van der Waals surface area contributed by atoms with Crippen molar-refractivity contribution in [3.8, 4) is 0 Å². The van der Waals surface area contributed by atoms with Crippen molar-refractivity contribution in [3.05, 3.63) is 70.0 Å². The molecule has 0 radical (unpaired) electrons. The Morgan fingerprint density at radius 3 is 2.44 bits per heavy atom. The molecule has 1 aromatic heterocycles. The van der Waals surface area contributed by atoms with Crippen LogP contribution in [0.25, 0.3) is 6.08 Å². The van der Waals surface area contributed by atoms with Gasteiger partial charge in [-0.2, -0.15) is 0 Å². The Bertz CT molecular complexity index is 990. The van der Waals surface area contributed by atoms with E-state index in [1.54, 1.807) is 23.1 Å². The van der Waals surface area contributed by atoms with Crippen LogP contribution in [0, 0.1) is 16.0 Å². The van der Waals surface area contributed by atoms with Gasteiger partial charge in [-0.25, -0.2) is 0 Å². The van der Waals surface area contributed by atoms with E-state index in [1.165, 1.54) is 18.2 Å². The summed E-state index contributed by atoms with van der Waals surface area (Å²) < 4.78 is 2.01. The molecule has 2 amide bonds. The number of benzene rings is 1. The van der Waals surface area contributed by atoms with Crippen molar-refractivity contribution >= 4 is 23.6 Å². The molecule has 0 saturated heterocycles. The van der Waals surface area contributed by atoms with E-state index in [9.17, 15) is 19.7 Å². The van der Waals surface area contributed by atoms with Gasteiger partial charge in [0.15, 0.2) is 0 Å². The number of aromatic nitrogens is 1. The Kier molecular flexibility index (Phi) is 7.45. The highest BCUT2D eigenvalue weighted by atomic mass is 16.6. The number of nitro benzene ring substituents is 1. The lowest BCUT2D eigenvalue weighted by Crippen LogP contribution is -2.44. The van der Waals surface area contributed by atoms with E-state index in [-0.39, 0.29) is 36.0 Å². The molecule has 1 saturated carbocycles. The minimum absolute atomic E-state index is 0.00102. The minimum Gasteiger partial charge on any atom is -0.353 e. The molecule has 2 aromatic rings. The second kappa shape index (κ2) is 10.3. The summed E-state index contributed by atoms with van der Waals surface area (Å²) in [4.78, 5) is 39.9. The number of hydrogen-bond donors (Lipinski definition) is 0. The van der Waals surface area contributed by atoms with Gasteiger partial charge in [0.05, 0.1) is 11.5 Å². The van der Waals surface area contributed by atoms with Gasteiger partial charge in [-0.05, 0) is 54.7 Å². The van der Waals surface area contributed by atoms with E-state index < -0.39 is 4.92 Å². The van der Waals surface area contributed by atoms with Crippen LogP contribution in [0.1, 0.15) is 37.9 Å². The first-order chi connectivity index (χ1) is 15.2. The predicted molar refractivity (Wildman–Crippen MR) is 123 cm³/mol. The van der Waals surface area contributed by atoms with Crippen LogP contribution in [0.3, 0.4) is 0 Å². The van der Waals surface area contributed by atoms with Crippen molar-refractivity contribution < 1.29 is 14.5 Å². The highest BCUT2D eigenvalue weighted by molar-refractivity contribution is 5.94. The molecule has 3 rings (SSSR count). The van der Waals surface area contributed by atoms with Crippen LogP contribution in [0.4, 0.5) is 5.69 Å². The summed E-state index contributed by atoms with van der Waals surface area (Å²) in [7, 11) is 1.96. The van der Waals surface area contributed by atoms with Gasteiger partial charge in [-0.3, -0.25) is 19.7 Å². The highest BCUT2D eigenvalue weighted by Crippen LogP contribution is 2.28. The molecule has 1 aromatic carbocycles. The Balaban J connectivity index is 1.69. The molecule has 0 unspecified atom stereocenters. The summed E-state index contributed by atoms with van der Waals surface area (Å²) in [6, 6.07) is 10.2. The normalized spacial score (nSPS) is 13.5. The molecule has 0 aliphatic heterocycles. The van der Waals surface area contributed by atoms with E-state index in [0.29, 0.717) is 18.7 Å². The van der Waals surface area contributed by atoms with Gasteiger partial charge >= 0.3 is 0 Å². The van der Waals surface area contributed by atoms with Crippen LogP contribution in [0.15, 0.2) is 48.7 Å². The molecule has 170 valence electrons. The van der Waals surface area contributed by atoms with Crippen LogP contribution >= 0.6 is 0 Å². The Hall–Kier alpha value is -3.42. The molecule has 1 aliphatic carbocycles. The average molecular weight is 439 g/mol. The molecule has 1 heterocycles. The maximum Gasteiger partial charge on any atom is 0.269 e. The maximum atomic E-state index is 13.2. The molecule has 1 fully saturated rings. The van der Waals surface area contributed by atoms with Gasteiger partial charge in [0.1, 0.15) is 6.54 Å². The number of amides is 2. The molecular weight excluding hydrogens is 408 g/mol. The summed E-state index contributed by atoms with van der Waals surface area (Å²) in [6.07, 6.45) is 6.99. The zero-order chi connectivity index (χ0) is 23.3. The second-order valence-corrected chi connectivity index (χ2v) is 8.66. The highest BCUT2D eigenvalue weighted by Gasteiger charge is 2.34. The lowest BCUT2D eigenvalue weighted by Gasteiger charge is -2.28. The van der Waals surface area contributed by atoms with Gasteiger partial charge in [0.2, 0.25) is 11.8 Å². The fourth-order valence-corrected chi connectivity index (χ4v) is 3.55. The minimum atomic E-state index is -0.463. The largest absolute Gasteiger partial charge is 0.353 e. The van der Waals surface area contributed by atoms with E-state index >= 15 is 0 Å². The zero-order valence-electron chi connectivity index (χ0n) is 18.8. The van der Waals surface area contributed by atoms with Crippen molar-refractivity contribution in [2.45, 2.75) is 39.3 Å². The summed E-state index contributed by atoms with van der Waals surface area (Å²) in [5, 5.41) is 10.8. The first kappa shape index (κ1) is 23.2. The smallest absolute Gasteiger partial charge is 0.269 e. The molecule has 1 aliphatic rings. The Labute approximate surface area is 188 Å². The third-order valence-corrected chi connectivity index (χ3v) is 5.44. The first-order valence-corrected chi connectivity index (χ1v) is 10.9. The topological polar surface area (TPSA) is 88.7 Å². The average Bonchev–Trinajstić information content (AvgIpc) is 3.51. The van der Waals surface area contributed by atoms with Crippen LogP contribution in [-0.4, -0.2) is 50.2 Å². The molecule has 32 heavy (non-hydrogen) atoms. The number of aryl methyl sites for hydroxylation is 1. The number of rotatable bonds is 10. The molecular formula is C24H30N4O4. The SMILES string of the molecule is CC(C)CN(CC(=O)N(Cc1cccn1C)C1CC1)C(=O)/C=C/c1ccc([N+](=O)[O-])cc1. The number of carbonyl (C=O) groups is 2. The van der Waals surface area contributed by atoms with Crippen LogP contribution in [-0.2, 0) is 23.2 Å². The summed E-state index contributed by atoms with van der Waals surface area (Å²) in [5.41, 5.74) is 1.74. The van der Waals surface area contributed by atoms with Crippen LogP contribution < -0.4 is 0 Å². The van der Waals surface area contributed by atoms with Gasteiger partial charge in [-0.15, -0.1) is 0 Å². The zero-order valence-corrected chi connectivity index (χ0v) is 18.8. The Morgan fingerprint density at radius 2 is 1.91 bits per heavy atom. The van der Waals surface area contributed by atoms with Gasteiger partial charge in [0.25, 0.3) is 5.69 Å². The van der Waals surface area contributed by atoms with Crippen LogP contribution in [0.2, 0.25) is 0 Å². The van der Waals surface area contributed by atoms with Gasteiger partial charge < -0.3 is 14.4 Å². The van der Waals surface area contributed by atoms with E-state index in [2.05, 4.69) is 0 Å². The number of nitro groups is 1. The summed E-state index contributed by atoms with van der Waals surface area (Å²) in [6.45, 7) is 5.05. The first-order valence-electron chi connectivity index (χ1n) is 10.9. The van der Waals surface area contributed by atoms with Gasteiger partial charge in [0, 0.05) is 49.7 Å². The lowest BCUT2D eigenvalue weighted by atomic mass is 10.1. The number of non-ortho nitro benzene ring substituents is 1. The summed E-state index contributed by atoms with van der Waals surface area (Å²) in [5.74, 6) is -0.0896. The van der Waals surface area contributed by atoms with Crippen molar-refractivity contribution in [3.63, 3.8) is 0 Å². The van der Waals surface area contributed by atoms with Crippen molar-refractivity contribution in [2.24, 2.45) is 13.0 Å². The predicted octanol–water partition coefficient (Wildman–Crippen LogP) is 3.62. The van der Waals surface area contributed by atoms with E-state index in [1.807, 2.05) is 48.7 Å². The second-order valence-electron chi connectivity index (χ2n) is 8.66. The molecule has 0 spiro atoms. The quantitative estimate of drug-likeness (QED) is 0.322. The van der Waals surface area contributed by atoms with Crippen molar-refractivity contribution in [1.82, 2.24) is 14.4 Å². The lowest BCUT2D eigenvalue weighted by molar-refractivity contribution is -0.384. The van der Waals surface area contributed by atoms with E-state index in [4.69, 9.17) is 0 Å². The number of hydrogen-bond acceptors (Lipinski definition) is 4. The summed E-state index contributed by atoms with van der Waals surface area (Å²) >= 11 is 0. The standard InChI is InChI=1S/C24H30N4O4/c1-18(2)15-26(23(29)13-8-19-6-9-21(10-7-19)28(31)32)17-24(30)27(20-11-12-20)16-22-5-4-14-25(22)3/h4-10,13-14,18,20H,11-12,15-17H2,1-3H3/b13-8+. The monoisotopic (exact) mass is 438 g/mol. The van der Waals surface area contributed by atoms with Crippen LogP contribution in [0.5, 0.6) is 0 Å². The van der Waals surface area contributed by atoms with Crippen molar-refractivity contribution in [2.75, 3.05) is 13.1 Å². The molecule has 0 N–H and O–H groups in total. The van der Waals surface area contributed by atoms with Crippen molar-refractivity contribution in [1.29, 1.82) is 0 Å². The van der Waals surface area contributed by atoms with E-state index in [0.717, 1.165) is 18.5 Å². The fraction of sp³-hybridized carbons (Fsp3) is 0.417. The Morgan fingerprint density at radius 1 is 1.22 bits per heavy atom.